The summed E-state index contributed by atoms with van der Waals surface area (Å²) >= 11 is 0. The van der Waals surface area contributed by atoms with E-state index in [2.05, 4.69) is 41.2 Å². The molecule has 0 spiro atoms. The van der Waals surface area contributed by atoms with Crippen molar-refractivity contribution in [2.45, 2.75) is 33.1 Å². The molecule has 0 saturated heterocycles. The largest absolute Gasteiger partial charge is 0.396 e. The number of aromatic nitrogens is 2. The van der Waals surface area contributed by atoms with Crippen molar-refractivity contribution in [3.05, 3.63) is 54.1 Å². The second-order valence-electron chi connectivity index (χ2n) is 6.27. The molecule has 0 aliphatic carbocycles. The van der Waals surface area contributed by atoms with Crippen molar-refractivity contribution < 1.29 is 4.84 Å². The molecule has 120 valence electrons. The number of benzene rings is 1. The quantitative estimate of drug-likeness (QED) is 0.365. The molecule has 4 nitrogen and oxygen atoms in total. The number of rotatable bonds is 5. The van der Waals surface area contributed by atoms with Gasteiger partial charge in [-0.25, -0.2) is 4.98 Å². The van der Waals surface area contributed by atoms with E-state index in [1.165, 1.54) is 0 Å². The van der Waals surface area contributed by atoms with Crippen molar-refractivity contribution in [1.82, 2.24) is 9.55 Å². The highest BCUT2D eigenvalue weighted by molar-refractivity contribution is 6.83. The second kappa shape index (κ2) is 7.79. The Hall–Kier alpha value is -2.32. The lowest BCUT2D eigenvalue weighted by molar-refractivity contribution is 0.158. The van der Waals surface area contributed by atoms with Crippen LogP contribution in [0, 0.1) is 11.5 Å². The Balaban J connectivity index is 2.20. The molecule has 0 radical (unpaired) electrons. The van der Waals surface area contributed by atoms with E-state index < -0.39 is 8.07 Å². The summed E-state index contributed by atoms with van der Waals surface area (Å²) in [4.78, 5) is 9.32. The van der Waals surface area contributed by atoms with Crippen LogP contribution in [0.25, 0.3) is 0 Å². The van der Waals surface area contributed by atoms with Gasteiger partial charge >= 0.3 is 0 Å². The third kappa shape index (κ3) is 5.76. The van der Waals surface area contributed by atoms with Crippen molar-refractivity contribution in [2.75, 3.05) is 6.61 Å². The van der Waals surface area contributed by atoms with Crippen LogP contribution in [0.3, 0.4) is 0 Å². The SMILES string of the molecule is CCO/N=C(\Cn1ccnc1)c1ccc(C#C[Si](C)(C)C)cc1. The molecule has 0 saturated carbocycles. The van der Waals surface area contributed by atoms with Gasteiger partial charge in [0.15, 0.2) is 0 Å². The lowest BCUT2D eigenvalue weighted by atomic mass is 10.1. The molecule has 0 amide bonds. The summed E-state index contributed by atoms with van der Waals surface area (Å²) in [6.07, 6.45) is 5.44. The number of imidazole rings is 1. The summed E-state index contributed by atoms with van der Waals surface area (Å²) in [5.74, 6) is 3.26. The standard InChI is InChI=1S/C18H23N3OSi/c1-5-22-20-18(14-21-12-11-19-15-21)17-8-6-16(7-9-17)10-13-23(2,3)4/h6-9,11-12,15H,5,14H2,1-4H3/b20-18+. The van der Waals surface area contributed by atoms with Crippen molar-refractivity contribution >= 4 is 13.8 Å². The van der Waals surface area contributed by atoms with Crippen LogP contribution in [0.15, 0.2) is 48.1 Å². The molecule has 5 heteroatoms. The fourth-order valence-electron chi connectivity index (χ4n) is 1.87. The summed E-state index contributed by atoms with van der Waals surface area (Å²) in [7, 11) is -1.35. The second-order valence-corrected chi connectivity index (χ2v) is 11.0. The summed E-state index contributed by atoms with van der Waals surface area (Å²) in [6.45, 7) is 9.82. The lowest BCUT2D eigenvalue weighted by Gasteiger charge is -2.08. The van der Waals surface area contributed by atoms with E-state index in [0.717, 1.165) is 16.8 Å². The zero-order valence-corrected chi connectivity index (χ0v) is 15.2. The van der Waals surface area contributed by atoms with Crippen LogP contribution in [0.4, 0.5) is 0 Å². The average molecular weight is 325 g/mol. The van der Waals surface area contributed by atoms with Crippen molar-refractivity contribution in [1.29, 1.82) is 0 Å². The van der Waals surface area contributed by atoms with Crippen molar-refractivity contribution in [3.8, 4) is 11.5 Å². The zero-order chi connectivity index (χ0) is 16.7. The van der Waals surface area contributed by atoms with Gasteiger partial charge in [-0.15, -0.1) is 5.54 Å². The van der Waals surface area contributed by atoms with Gasteiger partial charge in [0.25, 0.3) is 0 Å². The number of oxime groups is 1. The summed E-state index contributed by atoms with van der Waals surface area (Å²) in [5, 5.41) is 4.24. The molecule has 1 aromatic heterocycles. The van der Waals surface area contributed by atoms with Gasteiger partial charge in [-0.1, -0.05) is 42.8 Å². The first-order valence-electron chi connectivity index (χ1n) is 7.76. The molecule has 0 unspecified atom stereocenters. The third-order valence-electron chi connectivity index (χ3n) is 3.00. The van der Waals surface area contributed by atoms with Crippen LogP contribution in [0.2, 0.25) is 19.6 Å². The van der Waals surface area contributed by atoms with E-state index in [9.17, 15) is 0 Å². The number of nitrogens with zero attached hydrogens (tertiary/aromatic N) is 3. The molecular weight excluding hydrogens is 302 g/mol. The monoisotopic (exact) mass is 325 g/mol. The Labute approximate surface area is 139 Å². The molecular formula is C18H23N3OSi. The van der Waals surface area contributed by atoms with Crippen molar-refractivity contribution in [2.24, 2.45) is 5.16 Å². The average Bonchev–Trinajstić information content (AvgIpc) is 3.02. The van der Waals surface area contributed by atoms with Gasteiger partial charge < -0.3 is 9.40 Å². The summed E-state index contributed by atoms with van der Waals surface area (Å²) in [6, 6.07) is 8.17. The van der Waals surface area contributed by atoms with Gasteiger partial charge in [0.05, 0.1) is 12.9 Å². The van der Waals surface area contributed by atoms with Gasteiger partial charge in [-0.05, 0) is 19.1 Å². The first kappa shape index (κ1) is 17.0. The van der Waals surface area contributed by atoms with E-state index in [0.29, 0.717) is 13.2 Å². The highest BCUT2D eigenvalue weighted by atomic mass is 28.3. The Bertz CT molecular complexity index is 701. The zero-order valence-electron chi connectivity index (χ0n) is 14.2. The minimum absolute atomic E-state index is 0.549. The molecule has 0 fully saturated rings. The van der Waals surface area contributed by atoms with Crippen LogP contribution in [0.1, 0.15) is 18.1 Å². The molecule has 0 atom stereocenters. The predicted molar refractivity (Wildman–Crippen MR) is 97.1 cm³/mol. The Morgan fingerprint density at radius 3 is 2.57 bits per heavy atom. The maximum Gasteiger partial charge on any atom is 0.129 e. The summed E-state index contributed by atoms with van der Waals surface area (Å²) < 4.78 is 1.97. The lowest BCUT2D eigenvalue weighted by Crippen LogP contribution is -2.16. The number of hydrogen-bond acceptors (Lipinski definition) is 3. The van der Waals surface area contributed by atoms with E-state index in [4.69, 9.17) is 4.84 Å². The Kier molecular flexibility index (Phi) is 5.77. The Morgan fingerprint density at radius 1 is 1.26 bits per heavy atom. The third-order valence-corrected chi connectivity index (χ3v) is 3.87. The van der Waals surface area contributed by atoms with Gasteiger partial charge in [0.2, 0.25) is 0 Å². The highest BCUT2D eigenvalue weighted by Crippen LogP contribution is 2.08. The Morgan fingerprint density at radius 2 is 2.00 bits per heavy atom. The molecule has 23 heavy (non-hydrogen) atoms. The first-order valence-corrected chi connectivity index (χ1v) is 11.3. The smallest absolute Gasteiger partial charge is 0.129 e. The van der Waals surface area contributed by atoms with Crippen LogP contribution >= 0.6 is 0 Å². The molecule has 0 aliphatic rings. The normalized spacial score (nSPS) is 11.7. The van der Waals surface area contributed by atoms with Gasteiger partial charge in [-0.3, -0.25) is 0 Å². The van der Waals surface area contributed by atoms with E-state index >= 15 is 0 Å². The van der Waals surface area contributed by atoms with Gasteiger partial charge in [-0.2, -0.15) is 0 Å². The van der Waals surface area contributed by atoms with Crippen LogP contribution in [-0.4, -0.2) is 29.9 Å². The predicted octanol–water partition coefficient (Wildman–Crippen LogP) is 3.55. The summed E-state index contributed by atoms with van der Waals surface area (Å²) in [5.41, 5.74) is 6.32. The number of hydrogen-bond donors (Lipinski definition) is 0. The molecule has 2 rings (SSSR count). The van der Waals surface area contributed by atoms with Crippen LogP contribution in [-0.2, 0) is 11.4 Å². The molecule has 2 aromatic rings. The fraction of sp³-hybridized carbons (Fsp3) is 0.333. The molecule has 1 heterocycles. The maximum atomic E-state index is 5.25. The minimum Gasteiger partial charge on any atom is -0.396 e. The van der Waals surface area contributed by atoms with Crippen molar-refractivity contribution in [3.63, 3.8) is 0 Å². The maximum absolute atomic E-state index is 5.25. The van der Waals surface area contributed by atoms with Gasteiger partial charge in [0.1, 0.15) is 20.4 Å². The molecule has 0 aliphatic heterocycles. The van der Waals surface area contributed by atoms with E-state index in [1.807, 2.05) is 42.0 Å². The fourth-order valence-corrected chi connectivity index (χ4v) is 2.39. The molecule has 0 N–H and O–H groups in total. The molecule has 1 aromatic carbocycles. The molecule has 0 bridgehead atoms. The van der Waals surface area contributed by atoms with Crippen LogP contribution < -0.4 is 0 Å². The van der Waals surface area contributed by atoms with E-state index in [-0.39, 0.29) is 0 Å². The van der Waals surface area contributed by atoms with E-state index in [1.54, 1.807) is 12.5 Å². The minimum atomic E-state index is -1.35. The highest BCUT2D eigenvalue weighted by Gasteiger charge is 2.08. The topological polar surface area (TPSA) is 39.4 Å². The first-order chi connectivity index (χ1) is 11.0. The van der Waals surface area contributed by atoms with Crippen LogP contribution in [0.5, 0.6) is 0 Å². The van der Waals surface area contributed by atoms with Gasteiger partial charge in [0, 0.05) is 23.5 Å².